The van der Waals surface area contributed by atoms with E-state index in [4.69, 9.17) is 42.6 Å². The summed E-state index contributed by atoms with van der Waals surface area (Å²) in [6.45, 7) is 13.5. The molecule has 0 aliphatic rings. The third-order valence-corrected chi connectivity index (χ3v) is 7.72. The molecule has 0 aromatic rings. The van der Waals surface area contributed by atoms with Crippen molar-refractivity contribution in [3.63, 3.8) is 0 Å². The van der Waals surface area contributed by atoms with Gasteiger partial charge in [0.05, 0.1) is 99.1 Å². The van der Waals surface area contributed by atoms with Crippen molar-refractivity contribution in [2.24, 2.45) is 0 Å². The van der Waals surface area contributed by atoms with Gasteiger partial charge in [0.25, 0.3) is 0 Å². The molecule has 0 amide bonds. The fourth-order valence-electron chi connectivity index (χ4n) is 4.85. The Bertz CT molecular complexity index is 596. The third-order valence-electron chi connectivity index (χ3n) is 7.72. The van der Waals surface area contributed by atoms with E-state index in [1.807, 2.05) is 0 Å². The molecule has 0 atom stereocenters. The maximum Gasteiger partial charge on any atom is 0.305 e. The van der Waals surface area contributed by atoms with Crippen LogP contribution in [0.1, 0.15) is 129 Å². The van der Waals surface area contributed by atoms with Gasteiger partial charge in [-0.15, -0.1) is 0 Å². The van der Waals surface area contributed by atoms with Gasteiger partial charge < -0.3 is 42.6 Å². The van der Waals surface area contributed by atoms with Gasteiger partial charge in [-0.25, -0.2) is 0 Å². The second-order valence-electron chi connectivity index (χ2n) is 12.2. The maximum atomic E-state index is 11.7. The van der Waals surface area contributed by atoms with Gasteiger partial charge in [0.15, 0.2) is 0 Å². The van der Waals surface area contributed by atoms with Crippen molar-refractivity contribution in [3.05, 3.63) is 0 Å². The minimum Gasteiger partial charge on any atom is -0.463 e. The van der Waals surface area contributed by atoms with Crippen LogP contribution in [0.5, 0.6) is 0 Å². The second-order valence-corrected chi connectivity index (χ2v) is 12.2. The van der Waals surface area contributed by atoms with Crippen LogP contribution in [0.3, 0.4) is 0 Å². The summed E-state index contributed by atoms with van der Waals surface area (Å²) in [6, 6.07) is 0. The number of unbranched alkanes of at least 4 members (excludes halogenated alkanes) is 15. The average molecular weight is 693 g/mol. The van der Waals surface area contributed by atoms with Crippen LogP contribution in [-0.4, -0.2) is 118 Å². The van der Waals surface area contributed by atoms with Crippen LogP contribution < -0.4 is 0 Å². The first kappa shape index (κ1) is 47.1. The number of carbonyl (C=O) groups is 1. The molecule has 288 valence electrons. The van der Waals surface area contributed by atoms with Crippen LogP contribution in [0.2, 0.25) is 0 Å². The van der Waals surface area contributed by atoms with E-state index in [-0.39, 0.29) is 5.97 Å². The maximum absolute atomic E-state index is 11.7. The van der Waals surface area contributed by atoms with Gasteiger partial charge in [-0.05, 0) is 12.8 Å². The molecule has 0 aliphatic heterocycles. The van der Waals surface area contributed by atoms with Crippen molar-refractivity contribution < 1.29 is 47.4 Å². The fraction of sp³-hybridized carbons (Fsp3) is 0.974. The molecule has 0 fully saturated rings. The lowest BCUT2D eigenvalue weighted by Gasteiger charge is -2.09. The number of rotatable bonds is 43. The zero-order valence-electron chi connectivity index (χ0n) is 31.3. The highest BCUT2D eigenvalue weighted by Gasteiger charge is 2.03. The van der Waals surface area contributed by atoms with Gasteiger partial charge in [0, 0.05) is 13.0 Å². The van der Waals surface area contributed by atoms with Gasteiger partial charge in [-0.1, -0.05) is 110 Å². The summed E-state index contributed by atoms with van der Waals surface area (Å²) in [5, 5.41) is 0. The summed E-state index contributed by atoms with van der Waals surface area (Å²) in [6.07, 6.45) is 22.3. The monoisotopic (exact) mass is 693 g/mol. The summed E-state index contributed by atoms with van der Waals surface area (Å²) >= 11 is 0. The van der Waals surface area contributed by atoms with E-state index in [1.165, 1.54) is 89.9 Å². The van der Waals surface area contributed by atoms with Crippen LogP contribution in [0.15, 0.2) is 0 Å². The molecule has 0 spiro atoms. The largest absolute Gasteiger partial charge is 0.463 e. The van der Waals surface area contributed by atoms with Crippen molar-refractivity contribution in [1.82, 2.24) is 0 Å². The summed E-state index contributed by atoms with van der Waals surface area (Å²) < 4.78 is 49.3. The van der Waals surface area contributed by atoms with Gasteiger partial charge in [0.1, 0.15) is 6.61 Å². The second kappa shape index (κ2) is 44.2. The van der Waals surface area contributed by atoms with E-state index in [9.17, 15) is 4.79 Å². The fourth-order valence-corrected chi connectivity index (χ4v) is 4.85. The van der Waals surface area contributed by atoms with Gasteiger partial charge in [0.2, 0.25) is 0 Å². The van der Waals surface area contributed by atoms with Crippen molar-refractivity contribution >= 4 is 5.97 Å². The standard InChI is InChI=1S/C38H76O10/c1-3-5-7-9-11-12-13-14-15-17-19-21-40-22-23-41-24-25-42-26-27-43-28-29-44-30-31-45-32-33-46-34-35-47-36-37-48-38(39)20-18-16-10-8-6-4-2/h3-37H2,1-2H3. The summed E-state index contributed by atoms with van der Waals surface area (Å²) in [7, 11) is 0. The third kappa shape index (κ3) is 43.2. The highest BCUT2D eigenvalue weighted by Crippen LogP contribution is 2.11. The number of ether oxygens (including phenoxy) is 9. The summed E-state index contributed by atoms with van der Waals surface area (Å²) in [5.74, 6) is -0.137. The Kier molecular flexibility index (Phi) is 43.4. The molecule has 0 saturated heterocycles. The molecular weight excluding hydrogens is 616 g/mol. The van der Waals surface area contributed by atoms with Crippen LogP contribution >= 0.6 is 0 Å². The summed E-state index contributed by atoms with van der Waals surface area (Å²) in [4.78, 5) is 11.7. The highest BCUT2D eigenvalue weighted by molar-refractivity contribution is 5.69. The molecule has 0 saturated carbocycles. The van der Waals surface area contributed by atoms with E-state index >= 15 is 0 Å². The van der Waals surface area contributed by atoms with Crippen molar-refractivity contribution in [2.75, 3.05) is 112 Å². The van der Waals surface area contributed by atoms with Crippen LogP contribution in [-0.2, 0) is 47.4 Å². The minimum absolute atomic E-state index is 0.137. The van der Waals surface area contributed by atoms with E-state index in [1.54, 1.807) is 0 Å². The predicted molar refractivity (Wildman–Crippen MR) is 192 cm³/mol. The first-order chi connectivity index (χ1) is 23.8. The van der Waals surface area contributed by atoms with Crippen molar-refractivity contribution in [1.29, 1.82) is 0 Å². The Morgan fingerprint density at radius 3 is 0.875 bits per heavy atom. The summed E-state index contributed by atoms with van der Waals surface area (Å²) in [5.41, 5.74) is 0. The molecule has 0 aliphatic carbocycles. The zero-order chi connectivity index (χ0) is 34.7. The van der Waals surface area contributed by atoms with E-state index in [0.29, 0.717) is 112 Å². The average Bonchev–Trinajstić information content (AvgIpc) is 3.09. The molecule has 0 rings (SSSR count). The minimum atomic E-state index is -0.137. The molecule has 48 heavy (non-hydrogen) atoms. The van der Waals surface area contributed by atoms with E-state index in [0.717, 1.165) is 25.9 Å². The van der Waals surface area contributed by atoms with Crippen molar-refractivity contribution in [2.45, 2.75) is 129 Å². The molecule has 0 aromatic carbocycles. The molecule has 0 bridgehead atoms. The molecule has 0 heterocycles. The number of hydrogen-bond donors (Lipinski definition) is 0. The normalized spacial score (nSPS) is 11.5. The smallest absolute Gasteiger partial charge is 0.305 e. The van der Waals surface area contributed by atoms with Gasteiger partial charge in [-0.3, -0.25) is 4.79 Å². The van der Waals surface area contributed by atoms with Crippen LogP contribution in [0.4, 0.5) is 0 Å². The van der Waals surface area contributed by atoms with Gasteiger partial charge in [-0.2, -0.15) is 0 Å². The molecule has 10 heteroatoms. The van der Waals surface area contributed by atoms with Crippen molar-refractivity contribution in [3.8, 4) is 0 Å². The number of esters is 1. The lowest BCUT2D eigenvalue weighted by atomic mass is 10.1. The Morgan fingerprint density at radius 2 is 0.542 bits per heavy atom. The quantitative estimate of drug-likeness (QED) is 0.0466. The lowest BCUT2D eigenvalue weighted by molar-refractivity contribution is -0.145. The molecular formula is C38H76O10. The number of carbonyl (C=O) groups excluding carboxylic acids is 1. The SMILES string of the molecule is CCCCCCCCCCCCCOCCOCCOCCOCCOCCOCCOCCOCCOC(=O)CCCCCCCC. The molecule has 0 radical (unpaired) electrons. The topological polar surface area (TPSA) is 100 Å². The van der Waals surface area contributed by atoms with Gasteiger partial charge >= 0.3 is 5.97 Å². The molecule has 10 nitrogen and oxygen atoms in total. The zero-order valence-corrected chi connectivity index (χ0v) is 31.3. The Hall–Kier alpha value is -0.850. The predicted octanol–water partition coefficient (Wildman–Crippen LogP) is 7.72. The number of hydrogen-bond acceptors (Lipinski definition) is 10. The first-order valence-electron chi connectivity index (χ1n) is 19.6. The highest BCUT2D eigenvalue weighted by atomic mass is 16.6. The molecule has 0 aromatic heterocycles. The molecule has 0 N–H and O–H groups in total. The van der Waals surface area contributed by atoms with E-state index < -0.39 is 0 Å². The Morgan fingerprint density at radius 1 is 0.292 bits per heavy atom. The molecule has 0 unspecified atom stereocenters. The Labute approximate surface area is 294 Å². The van der Waals surface area contributed by atoms with Crippen LogP contribution in [0, 0.1) is 0 Å². The first-order valence-corrected chi connectivity index (χ1v) is 19.6. The van der Waals surface area contributed by atoms with Crippen LogP contribution in [0.25, 0.3) is 0 Å². The lowest BCUT2D eigenvalue weighted by Crippen LogP contribution is -2.15. The van der Waals surface area contributed by atoms with E-state index in [2.05, 4.69) is 13.8 Å². The Balaban J connectivity index is 3.09.